The Labute approximate surface area is 202 Å². The van der Waals surface area contributed by atoms with E-state index < -0.39 is 30.8 Å². The first-order valence-corrected chi connectivity index (χ1v) is 11.2. The summed E-state index contributed by atoms with van der Waals surface area (Å²) in [4.78, 5) is 13.9. The molecule has 1 atom stereocenters. The molecule has 0 fully saturated rings. The monoisotopic (exact) mass is 497 g/mol. The summed E-state index contributed by atoms with van der Waals surface area (Å²) in [6, 6.07) is 7.11. The predicted molar refractivity (Wildman–Crippen MR) is 122 cm³/mol. The van der Waals surface area contributed by atoms with E-state index in [1.807, 2.05) is 0 Å². The number of carbonyl (C=O) groups is 1. The SMILES string of the molecule is CN(Cc1cc(-c2ccc(OC(F)(F)F)cc2)c2c(c1C(O)CO)CCCO2)C(=O)OC(C)(C)C. The summed E-state index contributed by atoms with van der Waals surface area (Å²) in [5, 5.41) is 20.4. The Morgan fingerprint density at radius 1 is 1.20 bits per heavy atom. The molecular weight excluding hydrogens is 467 g/mol. The van der Waals surface area contributed by atoms with Gasteiger partial charge in [-0.2, -0.15) is 0 Å². The summed E-state index contributed by atoms with van der Waals surface area (Å²) >= 11 is 0. The van der Waals surface area contributed by atoms with Gasteiger partial charge in [0.1, 0.15) is 23.2 Å². The van der Waals surface area contributed by atoms with Crippen molar-refractivity contribution in [2.75, 3.05) is 20.3 Å². The number of ether oxygens (including phenoxy) is 3. The molecule has 1 aliphatic heterocycles. The van der Waals surface area contributed by atoms with Gasteiger partial charge in [0.05, 0.1) is 13.2 Å². The van der Waals surface area contributed by atoms with Crippen LogP contribution in [0, 0.1) is 0 Å². The van der Waals surface area contributed by atoms with Crippen molar-refractivity contribution in [2.24, 2.45) is 0 Å². The van der Waals surface area contributed by atoms with Gasteiger partial charge in [-0.15, -0.1) is 13.2 Å². The summed E-state index contributed by atoms with van der Waals surface area (Å²) < 4.78 is 53.0. The second kappa shape index (κ2) is 10.3. The van der Waals surface area contributed by atoms with Crippen molar-refractivity contribution < 1.29 is 42.4 Å². The predicted octanol–water partition coefficient (Wildman–Crippen LogP) is 4.97. The quantitative estimate of drug-likeness (QED) is 0.586. The van der Waals surface area contributed by atoms with Crippen molar-refractivity contribution >= 4 is 6.09 Å². The van der Waals surface area contributed by atoms with E-state index >= 15 is 0 Å². The van der Waals surface area contributed by atoms with Crippen LogP contribution in [0.4, 0.5) is 18.0 Å². The Morgan fingerprint density at radius 3 is 2.43 bits per heavy atom. The van der Waals surface area contributed by atoms with Crippen LogP contribution < -0.4 is 9.47 Å². The Bertz CT molecular complexity index is 1050. The molecule has 0 saturated heterocycles. The molecule has 0 aromatic heterocycles. The summed E-state index contributed by atoms with van der Waals surface area (Å²) in [7, 11) is 1.56. The average Bonchev–Trinajstić information content (AvgIpc) is 2.76. The lowest BCUT2D eigenvalue weighted by atomic mass is 9.87. The number of aliphatic hydroxyl groups excluding tert-OH is 2. The van der Waals surface area contributed by atoms with Crippen LogP contribution in [0.2, 0.25) is 0 Å². The van der Waals surface area contributed by atoms with Crippen LogP contribution in [0.3, 0.4) is 0 Å². The van der Waals surface area contributed by atoms with E-state index in [1.54, 1.807) is 33.9 Å². The third-order valence-corrected chi connectivity index (χ3v) is 5.34. The lowest BCUT2D eigenvalue weighted by Crippen LogP contribution is -2.34. The highest BCUT2D eigenvalue weighted by Gasteiger charge is 2.31. The van der Waals surface area contributed by atoms with Crippen molar-refractivity contribution in [3.05, 3.63) is 47.0 Å². The van der Waals surface area contributed by atoms with Crippen LogP contribution in [0.15, 0.2) is 30.3 Å². The topological polar surface area (TPSA) is 88.5 Å². The van der Waals surface area contributed by atoms with Crippen LogP contribution >= 0.6 is 0 Å². The van der Waals surface area contributed by atoms with Crippen molar-refractivity contribution in [1.29, 1.82) is 0 Å². The zero-order valence-corrected chi connectivity index (χ0v) is 20.1. The number of aliphatic hydroxyl groups is 2. The molecule has 1 amide bonds. The fourth-order valence-electron chi connectivity index (χ4n) is 3.98. The lowest BCUT2D eigenvalue weighted by Gasteiger charge is -2.30. The normalized spacial score (nSPS) is 14.5. The Hall–Kier alpha value is -2.98. The number of benzene rings is 2. The number of halogens is 3. The maximum absolute atomic E-state index is 12.6. The summed E-state index contributed by atoms with van der Waals surface area (Å²) in [6.07, 6.45) is -5.32. The van der Waals surface area contributed by atoms with Gasteiger partial charge < -0.3 is 29.3 Å². The number of hydrogen-bond donors (Lipinski definition) is 2. The van der Waals surface area contributed by atoms with Gasteiger partial charge >= 0.3 is 12.5 Å². The number of carbonyl (C=O) groups excluding carboxylic acids is 1. The molecule has 2 N–H and O–H groups in total. The summed E-state index contributed by atoms with van der Waals surface area (Å²) in [5.74, 6) is 0.139. The van der Waals surface area contributed by atoms with Crippen LogP contribution in [-0.4, -0.2) is 53.4 Å². The highest BCUT2D eigenvalue weighted by molar-refractivity contribution is 5.76. The molecule has 0 radical (unpaired) electrons. The molecule has 0 spiro atoms. The number of amides is 1. The lowest BCUT2D eigenvalue weighted by molar-refractivity contribution is -0.274. The first kappa shape index (κ1) is 26.6. The van der Waals surface area contributed by atoms with Gasteiger partial charge in [-0.3, -0.25) is 0 Å². The molecule has 2 aromatic carbocycles. The highest BCUT2D eigenvalue weighted by Crippen LogP contribution is 2.43. The average molecular weight is 498 g/mol. The van der Waals surface area contributed by atoms with E-state index in [-0.39, 0.29) is 12.3 Å². The zero-order valence-electron chi connectivity index (χ0n) is 20.1. The molecule has 1 aliphatic rings. The number of nitrogens with zero attached hydrogens (tertiary/aromatic N) is 1. The maximum atomic E-state index is 12.6. The third kappa shape index (κ3) is 6.79. The molecule has 0 bridgehead atoms. The zero-order chi connectivity index (χ0) is 26.0. The second-order valence-corrected chi connectivity index (χ2v) is 9.36. The fourth-order valence-corrected chi connectivity index (χ4v) is 3.98. The van der Waals surface area contributed by atoms with Crippen molar-refractivity contribution in [2.45, 2.75) is 58.2 Å². The van der Waals surface area contributed by atoms with Crippen LogP contribution in [0.1, 0.15) is 50.0 Å². The minimum absolute atomic E-state index is 0.0663. The van der Waals surface area contributed by atoms with E-state index in [4.69, 9.17) is 9.47 Å². The minimum atomic E-state index is -4.80. The minimum Gasteiger partial charge on any atom is -0.493 e. The van der Waals surface area contributed by atoms with Crippen LogP contribution in [-0.2, 0) is 17.7 Å². The maximum Gasteiger partial charge on any atom is 0.573 e. The molecule has 1 unspecified atom stereocenters. The highest BCUT2D eigenvalue weighted by atomic mass is 19.4. The first-order valence-electron chi connectivity index (χ1n) is 11.2. The number of hydrogen-bond acceptors (Lipinski definition) is 6. The Morgan fingerprint density at radius 2 is 1.86 bits per heavy atom. The molecule has 2 aromatic rings. The van der Waals surface area contributed by atoms with E-state index in [1.165, 1.54) is 29.2 Å². The molecule has 0 aliphatic carbocycles. The molecule has 3 rings (SSSR count). The van der Waals surface area contributed by atoms with Gasteiger partial charge in [-0.25, -0.2) is 4.79 Å². The van der Waals surface area contributed by atoms with E-state index in [0.29, 0.717) is 53.0 Å². The van der Waals surface area contributed by atoms with Gasteiger partial charge in [-0.05, 0) is 68.5 Å². The molecule has 192 valence electrons. The van der Waals surface area contributed by atoms with Gasteiger partial charge in [0.15, 0.2) is 0 Å². The van der Waals surface area contributed by atoms with Gasteiger partial charge in [0.2, 0.25) is 0 Å². The molecule has 0 saturated carbocycles. The van der Waals surface area contributed by atoms with Crippen LogP contribution in [0.25, 0.3) is 11.1 Å². The Kier molecular flexibility index (Phi) is 7.86. The summed E-state index contributed by atoms with van der Waals surface area (Å²) in [5.41, 5.74) is 2.20. The van der Waals surface area contributed by atoms with E-state index in [2.05, 4.69) is 4.74 Å². The number of alkyl halides is 3. The smallest absolute Gasteiger partial charge is 0.493 e. The summed E-state index contributed by atoms with van der Waals surface area (Å²) in [6.45, 7) is 5.22. The Balaban J connectivity index is 2.07. The molecule has 10 heteroatoms. The van der Waals surface area contributed by atoms with Crippen molar-refractivity contribution in [3.8, 4) is 22.6 Å². The van der Waals surface area contributed by atoms with Gasteiger partial charge in [0.25, 0.3) is 0 Å². The fraction of sp³-hybridized carbons (Fsp3) is 0.480. The van der Waals surface area contributed by atoms with Crippen molar-refractivity contribution in [3.63, 3.8) is 0 Å². The van der Waals surface area contributed by atoms with Gasteiger partial charge in [-0.1, -0.05) is 12.1 Å². The van der Waals surface area contributed by atoms with Crippen molar-refractivity contribution in [1.82, 2.24) is 4.90 Å². The number of fused-ring (bicyclic) bond motifs is 1. The van der Waals surface area contributed by atoms with E-state index in [9.17, 15) is 28.2 Å². The molecule has 35 heavy (non-hydrogen) atoms. The molecule has 1 heterocycles. The standard InChI is InChI=1S/C25H30F3NO6/c1-24(2,3)35-23(32)29(4)13-16-12-19(15-7-9-17(10-8-15)34-25(26,27)28)22-18(6-5-11-33-22)21(16)20(31)14-30/h7-10,12,20,30-31H,5-6,11,13-14H2,1-4H3. The third-order valence-electron chi connectivity index (χ3n) is 5.34. The van der Waals surface area contributed by atoms with E-state index in [0.717, 1.165) is 0 Å². The van der Waals surface area contributed by atoms with Gasteiger partial charge in [0, 0.05) is 24.7 Å². The molecule has 7 nitrogen and oxygen atoms in total. The number of rotatable bonds is 6. The largest absolute Gasteiger partial charge is 0.573 e. The van der Waals surface area contributed by atoms with Crippen LogP contribution in [0.5, 0.6) is 11.5 Å². The second-order valence-electron chi connectivity index (χ2n) is 9.36. The first-order chi connectivity index (χ1) is 16.3. The molecular formula is C25H30F3NO6.